The van der Waals surface area contributed by atoms with Gasteiger partial charge < -0.3 is 5.32 Å². The van der Waals surface area contributed by atoms with E-state index >= 15 is 0 Å². The Labute approximate surface area is 150 Å². The SMILES string of the molecule is S=C(NCc1ccccc1)Nc1ncn(Cc2ccccc2Cl)n1. The number of nitrogens with one attached hydrogen (secondary N) is 2. The predicted octanol–water partition coefficient (Wildman–Crippen LogP) is 3.47. The summed E-state index contributed by atoms with van der Waals surface area (Å²) in [5.74, 6) is 0.451. The fourth-order valence-electron chi connectivity index (χ4n) is 2.15. The lowest BCUT2D eigenvalue weighted by atomic mass is 10.2. The van der Waals surface area contributed by atoms with Crippen LogP contribution in [0.4, 0.5) is 5.95 Å². The van der Waals surface area contributed by atoms with Gasteiger partial charge in [0.2, 0.25) is 5.95 Å². The van der Waals surface area contributed by atoms with Gasteiger partial charge >= 0.3 is 0 Å². The Kier molecular flexibility index (Phi) is 5.40. The van der Waals surface area contributed by atoms with E-state index in [4.69, 9.17) is 23.8 Å². The van der Waals surface area contributed by atoms with Gasteiger partial charge in [0, 0.05) is 11.6 Å². The molecule has 0 saturated carbocycles. The van der Waals surface area contributed by atoms with Gasteiger partial charge in [-0.3, -0.25) is 5.32 Å². The topological polar surface area (TPSA) is 54.8 Å². The molecule has 0 fully saturated rings. The van der Waals surface area contributed by atoms with Gasteiger partial charge in [-0.1, -0.05) is 60.1 Å². The molecule has 0 unspecified atom stereocenters. The van der Waals surface area contributed by atoms with Crippen LogP contribution < -0.4 is 10.6 Å². The van der Waals surface area contributed by atoms with E-state index in [-0.39, 0.29) is 0 Å². The highest BCUT2D eigenvalue weighted by molar-refractivity contribution is 7.80. The van der Waals surface area contributed by atoms with Crippen LogP contribution in [-0.4, -0.2) is 19.9 Å². The van der Waals surface area contributed by atoms with Gasteiger partial charge in [0.1, 0.15) is 6.33 Å². The molecule has 7 heteroatoms. The maximum atomic E-state index is 6.16. The van der Waals surface area contributed by atoms with Crippen LogP contribution in [0.1, 0.15) is 11.1 Å². The molecule has 0 aliphatic rings. The minimum atomic E-state index is 0.451. The summed E-state index contributed by atoms with van der Waals surface area (Å²) < 4.78 is 1.71. The Morgan fingerprint density at radius 2 is 1.83 bits per heavy atom. The van der Waals surface area contributed by atoms with Crippen LogP contribution in [-0.2, 0) is 13.1 Å². The van der Waals surface area contributed by atoms with Gasteiger partial charge in [-0.05, 0) is 29.4 Å². The molecule has 0 atom stereocenters. The van der Waals surface area contributed by atoms with E-state index in [2.05, 4.69) is 20.7 Å². The van der Waals surface area contributed by atoms with Crippen molar-refractivity contribution in [3.63, 3.8) is 0 Å². The molecule has 0 amide bonds. The van der Waals surface area contributed by atoms with Crippen molar-refractivity contribution in [3.05, 3.63) is 77.1 Å². The average Bonchev–Trinajstić information content (AvgIpc) is 3.03. The van der Waals surface area contributed by atoms with Crippen molar-refractivity contribution in [2.45, 2.75) is 13.1 Å². The molecule has 0 bridgehead atoms. The highest BCUT2D eigenvalue weighted by Crippen LogP contribution is 2.15. The summed E-state index contributed by atoms with van der Waals surface area (Å²) in [6.07, 6.45) is 1.64. The van der Waals surface area contributed by atoms with Crippen LogP contribution in [0.15, 0.2) is 60.9 Å². The Bertz CT molecular complexity index is 819. The van der Waals surface area contributed by atoms with Crippen molar-refractivity contribution in [2.24, 2.45) is 0 Å². The Hall–Kier alpha value is -2.44. The Morgan fingerprint density at radius 3 is 2.62 bits per heavy atom. The van der Waals surface area contributed by atoms with Crippen LogP contribution in [0.25, 0.3) is 0 Å². The summed E-state index contributed by atoms with van der Waals surface area (Å²) in [4.78, 5) is 4.21. The second-order valence-corrected chi connectivity index (χ2v) is 5.97. The van der Waals surface area contributed by atoms with E-state index in [9.17, 15) is 0 Å². The number of rotatable bonds is 5. The van der Waals surface area contributed by atoms with E-state index < -0.39 is 0 Å². The molecule has 24 heavy (non-hydrogen) atoms. The van der Waals surface area contributed by atoms with Crippen molar-refractivity contribution < 1.29 is 0 Å². The van der Waals surface area contributed by atoms with E-state index in [1.165, 1.54) is 0 Å². The lowest BCUT2D eigenvalue weighted by Crippen LogP contribution is -2.28. The van der Waals surface area contributed by atoms with Crippen LogP contribution in [0, 0.1) is 0 Å². The summed E-state index contributed by atoms with van der Waals surface area (Å²) >= 11 is 11.4. The first-order valence-corrected chi connectivity index (χ1v) is 8.21. The lowest BCUT2D eigenvalue weighted by molar-refractivity contribution is 0.687. The molecule has 1 heterocycles. The number of nitrogens with zero attached hydrogens (tertiary/aromatic N) is 3. The number of anilines is 1. The smallest absolute Gasteiger partial charge is 0.248 e. The van der Waals surface area contributed by atoms with Gasteiger partial charge in [0.05, 0.1) is 6.54 Å². The van der Waals surface area contributed by atoms with E-state index in [1.807, 2.05) is 54.6 Å². The summed E-state index contributed by atoms with van der Waals surface area (Å²) in [6.45, 7) is 1.20. The number of hydrogen-bond acceptors (Lipinski definition) is 3. The zero-order valence-corrected chi connectivity index (χ0v) is 14.4. The van der Waals surface area contributed by atoms with Crippen LogP contribution in [0.2, 0.25) is 5.02 Å². The third kappa shape index (κ3) is 4.53. The van der Waals surface area contributed by atoms with Crippen molar-refractivity contribution >= 4 is 34.9 Å². The molecular weight excluding hydrogens is 342 g/mol. The zero-order chi connectivity index (χ0) is 16.8. The first-order chi connectivity index (χ1) is 11.7. The summed E-state index contributed by atoms with van der Waals surface area (Å²) in [7, 11) is 0. The van der Waals surface area contributed by atoms with Gasteiger partial charge in [0.15, 0.2) is 5.11 Å². The molecule has 5 nitrogen and oxygen atoms in total. The molecule has 0 saturated heterocycles. The van der Waals surface area contributed by atoms with Crippen molar-refractivity contribution in [3.8, 4) is 0 Å². The molecule has 2 aromatic carbocycles. The fraction of sp³-hybridized carbons (Fsp3) is 0.118. The average molecular weight is 358 g/mol. The molecule has 0 aliphatic carbocycles. The highest BCUT2D eigenvalue weighted by Gasteiger charge is 2.05. The molecular formula is C17H16ClN5S. The van der Waals surface area contributed by atoms with Gasteiger partial charge in [-0.25, -0.2) is 9.67 Å². The zero-order valence-electron chi connectivity index (χ0n) is 12.8. The van der Waals surface area contributed by atoms with Crippen LogP contribution >= 0.6 is 23.8 Å². The number of hydrogen-bond donors (Lipinski definition) is 2. The molecule has 3 rings (SSSR count). The minimum absolute atomic E-state index is 0.451. The van der Waals surface area contributed by atoms with Crippen molar-refractivity contribution in [1.82, 2.24) is 20.1 Å². The fourth-order valence-corrected chi connectivity index (χ4v) is 2.51. The van der Waals surface area contributed by atoms with Crippen LogP contribution in [0.3, 0.4) is 0 Å². The second-order valence-electron chi connectivity index (χ2n) is 5.15. The summed E-state index contributed by atoms with van der Waals surface area (Å²) in [5, 5.41) is 11.6. The molecule has 0 radical (unpaired) electrons. The first kappa shape index (κ1) is 16.4. The minimum Gasteiger partial charge on any atom is -0.358 e. The second kappa shape index (κ2) is 7.90. The van der Waals surface area contributed by atoms with Gasteiger partial charge in [-0.2, -0.15) is 0 Å². The maximum Gasteiger partial charge on any atom is 0.248 e. The number of benzene rings is 2. The number of halogens is 1. The molecule has 122 valence electrons. The molecule has 2 N–H and O–H groups in total. The number of aromatic nitrogens is 3. The summed E-state index contributed by atoms with van der Waals surface area (Å²) in [6, 6.07) is 17.7. The monoisotopic (exact) mass is 357 g/mol. The standard InChI is InChI=1S/C17H16ClN5S/c18-15-9-5-4-8-14(15)11-23-12-20-16(22-23)21-17(24)19-10-13-6-2-1-3-7-13/h1-9,12H,10-11H2,(H2,19,21,22,24). The number of thiocarbonyl (C=S) groups is 1. The van der Waals surface area contributed by atoms with Crippen molar-refractivity contribution in [2.75, 3.05) is 5.32 Å². The van der Waals surface area contributed by atoms with E-state index in [0.717, 1.165) is 11.1 Å². The van der Waals surface area contributed by atoms with E-state index in [1.54, 1.807) is 11.0 Å². The largest absolute Gasteiger partial charge is 0.358 e. The highest BCUT2D eigenvalue weighted by atomic mass is 35.5. The maximum absolute atomic E-state index is 6.16. The Balaban J connectivity index is 1.54. The molecule has 1 aromatic heterocycles. The van der Waals surface area contributed by atoms with E-state index in [0.29, 0.717) is 29.2 Å². The first-order valence-electron chi connectivity index (χ1n) is 7.42. The van der Waals surface area contributed by atoms with Gasteiger partial charge in [0.25, 0.3) is 0 Å². The third-order valence-corrected chi connectivity index (χ3v) is 3.96. The van der Waals surface area contributed by atoms with Gasteiger partial charge in [-0.15, -0.1) is 5.10 Å². The lowest BCUT2D eigenvalue weighted by Gasteiger charge is -2.07. The van der Waals surface area contributed by atoms with Crippen LogP contribution in [0.5, 0.6) is 0 Å². The normalized spacial score (nSPS) is 10.4. The molecule has 3 aromatic rings. The quantitative estimate of drug-likeness (QED) is 0.685. The van der Waals surface area contributed by atoms with Crippen molar-refractivity contribution in [1.29, 1.82) is 0 Å². The molecule has 0 aliphatic heterocycles. The Morgan fingerprint density at radius 1 is 1.08 bits per heavy atom. The predicted molar refractivity (Wildman–Crippen MR) is 100 cm³/mol. The molecule has 0 spiro atoms. The third-order valence-electron chi connectivity index (χ3n) is 3.35. The summed E-state index contributed by atoms with van der Waals surface area (Å²) in [5.41, 5.74) is 2.14.